The van der Waals surface area contributed by atoms with Gasteiger partial charge in [0.05, 0.1) is 16.3 Å². The minimum absolute atomic E-state index is 0.0433. The van der Waals surface area contributed by atoms with Crippen LogP contribution in [0.2, 0.25) is 0 Å². The molecule has 0 bridgehead atoms. The summed E-state index contributed by atoms with van der Waals surface area (Å²) in [6.45, 7) is 8.05. The molecule has 1 atom stereocenters. The molecule has 3 rings (SSSR count). The molecule has 6 nitrogen and oxygen atoms in total. The van der Waals surface area contributed by atoms with Crippen LogP contribution in [-0.2, 0) is 16.6 Å². The van der Waals surface area contributed by atoms with Crippen molar-refractivity contribution < 1.29 is 12.9 Å². The Morgan fingerprint density at radius 2 is 1.86 bits per heavy atom. The molecule has 0 N–H and O–H groups in total. The summed E-state index contributed by atoms with van der Waals surface area (Å²) < 4.78 is 33.4. The first-order valence-electron chi connectivity index (χ1n) is 9.31. The summed E-state index contributed by atoms with van der Waals surface area (Å²) in [6, 6.07) is 10.7. The van der Waals surface area contributed by atoms with Crippen molar-refractivity contribution in [2.24, 2.45) is 0 Å². The predicted molar refractivity (Wildman–Crippen MR) is 111 cm³/mol. The summed E-state index contributed by atoms with van der Waals surface area (Å²) in [5.74, 6) is 1.11. The molecule has 0 spiro atoms. The standard InChI is InChI=1S/C20H25N3O3S2/c1-5-15(4)23(13-19-21-20(22-26-19)18-7-6-12-27-18)28(24,25)17-10-8-16(9-11-17)14(2)3/h6-12,14-15H,5,13H2,1-4H3. The average molecular weight is 420 g/mol. The largest absolute Gasteiger partial charge is 0.337 e. The topological polar surface area (TPSA) is 76.3 Å². The zero-order valence-corrected chi connectivity index (χ0v) is 18.1. The zero-order valence-electron chi connectivity index (χ0n) is 16.5. The van der Waals surface area contributed by atoms with Crippen molar-refractivity contribution in [2.75, 3.05) is 0 Å². The van der Waals surface area contributed by atoms with Crippen molar-refractivity contribution in [3.8, 4) is 10.7 Å². The van der Waals surface area contributed by atoms with Crippen molar-refractivity contribution in [1.82, 2.24) is 14.4 Å². The van der Waals surface area contributed by atoms with Crippen LogP contribution in [0, 0.1) is 0 Å². The molecule has 8 heteroatoms. The van der Waals surface area contributed by atoms with Crippen molar-refractivity contribution in [2.45, 2.75) is 57.5 Å². The first-order valence-corrected chi connectivity index (χ1v) is 11.6. The average Bonchev–Trinajstić information content (AvgIpc) is 3.37. The summed E-state index contributed by atoms with van der Waals surface area (Å²) >= 11 is 1.51. The van der Waals surface area contributed by atoms with Crippen LogP contribution in [0.15, 0.2) is 51.2 Å². The van der Waals surface area contributed by atoms with E-state index in [-0.39, 0.29) is 23.4 Å². The van der Waals surface area contributed by atoms with Gasteiger partial charge in [-0.1, -0.05) is 44.1 Å². The second-order valence-electron chi connectivity index (χ2n) is 7.02. The van der Waals surface area contributed by atoms with Crippen LogP contribution in [0.4, 0.5) is 0 Å². The maximum Gasteiger partial charge on any atom is 0.243 e. The van der Waals surface area contributed by atoms with Crippen LogP contribution >= 0.6 is 11.3 Å². The van der Waals surface area contributed by atoms with Gasteiger partial charge in [0.25, 0.3) is 0 Å². The Hall–Kier alpha value is -2.03. The van der Waals surface area contributed by atoms with Gasteiger partial charge in [-0.3, -0.25) is 0 Å². The number of hydrogen-bond donors (Lipinski definition) is 0. The van der Waals surface area contributed by atoms with Gasteiger partial charge in [0, 0.05) is 6.04 Å². The lowest BCUT2D eigenvalue weighted by Crippen LogP contribution is -2.37. The molecule has 0 aliphatic heterocycles. The smallest absolute Gasteiger partial charge is 0.243 e. The molecule has 0 fully saturated rings. The van der Waals surface area contributed by atoms with Crippen molar-refractivity contribution >= 4 is 21.4 Å². The van der Waals surface area contributed by atoms with E-state index in [4.69, 9.17) is 4.52 Å². The minimum atomic E-state index is -3.69. The fourth-order valence-corrected chi connectivity index (χ4v) is 5.10. The van der Waals surface area contributed by atoms with Crippen molar-refractivity contribution in [3.63, 3.8) is 0 Å². The highest BCUT2D eigenvalue weighted by atomic mass is 32.2. The third-order valence-electron chi connectivity index (χ3n) is 4.74. The summed E-state index contributed by atoms with van der Waals surface area (Å²) in [5, 5.41) is 5.92. The second-order valence-corrected chi connectivity index (χ2v) is 9.86. The quantitative estimate of drug-likeness (QED) is 0.518. The minimum Gasteiger partial charge on any atom is -0.337 e. The third kappa shape index (κ3) is 4.34. The van der Waals surface area contributed by atoms with Crippen LogP contribution < -0.4 is 0 Å². The molecule has 1 aromatic carbocycles. The van der Waals surface area contributed by atoms with Crippen LogP contribution in [0.25, 0.3) is 10.7 Å². The van der Waals surface area contributed by atoms with E-state index in [2.05, 4.69) is 24.0 Å². The SMILES string of the molecule is CCC(C)N(Cc1nc(-c2cccs2)no1)S(=O)(=O)c1ccc(C(C)C)cc1. The number of benzene rings is 1. The number of rotatable bonds is 8. The van der Waals surface area contributed by atoms with E-state index in [0.29, 0.717) is 18.2 Å². The lowest BCUT2D eigenvalue weighted by atomic mass is 10.0. The molecule has 3 aromatic rings. The molecule has 28 heavy (non-hydrogen) atoms. The van der Waals surface area contributed by atoms with E-state index < -0.39 is 10.0 Å². The number of aromatic nitrogens is 2. The van der Waals surface area contributed by atoms with Crippen molar-refractivity contribution in [3.05, 3.63) is 53.2 Å². The molecule has 150 valence electrons. The molecular formula is C20H25N3O3S2. The van der Waals surface area contributed by atoms with E-state index >= 15 is 0 Å². The van der Waals surface area contributed by atoms with Gasteiger partial charge in [0.15, 0.2) is 0 Å². The summed E-state index contributed by atoms with van der Waals surface area (Å²) in [6.07, 6.45) is 0.676. The maximum atomic E-state index is 13.3. The zero-order chi connectivity index (χ0) is 20.3. The van der Waals surface area contributed by atoms with E-state index in [0.717, 1.165) is 10.4 Å². The fourth-order valence-electron chi connectivity index (χ4n) is 2.80. The summed E-state index contributed by atoms with van der Waals surface area (Å²) in [5.41, 5.74) is 1.10. The highest BCUT2D eigenvalue weighted by molar-refractivity contribution is 7.89. The Balaban J connectivity index is 1.89. The van der Waals surface area contributed by atoms with E-state index in [1.807, 2.05) is 43.5 Å². The molecular weight excluding hydrogens is 394 g/mol. The van der Waals surface area contributed by atoms with Crippen LogP contribution in [-0.4, -0.2) is 28.9 Å². The molecule has 0 amide bonds. The van der Waals surface area contributed by atoms with Gasteiger partial charge in [-0.2, -0.15) is 9.29 Å². The Morgan fingerprint density at radius 3 is 2.43 bits per heavy atom. The molecule has 0 aliphatic rings. The third-order valence-corrected chi connectivity index (χ3v) is 7.58. The van der Waals surface area contributed by atoms with Crippen LogP contribution in [0.3, 0.4) is 0 Å². The van der Waals surface area contributed by atoms with Gasteiger partial charge in [-0.15, -0.1) is 11.3 Å². The Kier molecular flexibility index (Phi) is 6.32. The Labute approximate surface area is 170 Å². The number of sulfonamides is 1. The highest BCUT2D eigenvalue weighted by Gasteiger charge is 2.30. The highest BCUT2D eigenvalue weighted by Crippen LogP contribution is 2.26. The first kappa shape index (κ1) is 20.7. The maximum absolute atomic E-state index is 13.3. The van der Waals surface area contributed by atoms with Gasteiger partial charge in [-0.25, -0.2) is 8.42 Å². The fraction of sp³-hybridized carbons (Fsp3) is 0.400. The van der Waals surface area contributed by atoms with E-state index in [9.17, 15) is 8.42 Å². The lowest BCUT2D eigenvalue weighted by molar-refractivity contribution is 0.273. The monoisotopic (exact) mass is 419 g/mol. The summed E-state index contributed by atoms with van der Waals surface area (Å²) in [4.78, 5) is 5.54. The molecule has 0 aliphatic carbocycles. The second kappa shape index (κ2) is 8.55. The van der Waals surface area contributed by atoms with Gasteiger partial charge >= 0.3 is 0 Å². The van der Waals surface area contributed by atoms with Crippen LogP contribution in [0.5, 0.6) is 0 Å². The molecule has 0 saturated heterocycles. The lowest BCUT2D eigenvalue weighted by Gasteiger charge is -2.26. The number of thiophene rings is 1. The molecule has 1 unspecified atom stereocenters. The number of nitrogens with zero attached hydrogens (tertiary/aromatic N) is 3. The molecule has 2 aromatic heterocycles. The van der Waals surface area contributed by atoms with Crippen molar-refractivity contribution in [1.29, 1.82) is 0 Å². The normalized spacial score (nSPS) is 13.4. The van der Waals surface area contributed by atoms with E-state index in [1.54, 1.807) is 12.1 Å². The van der Waals surface area contributed by atoms with Gasteiger partial charge in [0.2, 0.25) is 21.7 Å². The molecule has 2 heterocycles. The summed E-state index contributed by atoms with van der Waals surface area (Å²) in [7, 11) is -3.69. The predicted octanol–water partition coefficient (Wildman–Crippen LogP) is 4.91. The van der Waals surface area contributed by atoms with Gasteiger partial charge < -0.3 is 4.52 Å². The van der Waals surface area contributed by atoms with E-state index in [1.165, 1.54) is 15.6 Å². The van der Waals surface area contributed by atoms with Gasteiger partial charge in [-0.05, 0) is 48.4 Å². The molecule has 0 radical (unpaired) electrons. The number of hydrogen-bond acceptors (Lipinski definition) is 6. The molecule has 0 saturated carbocycles. The first-order chi connectivity index (χ1) is 13.3. The van der Waals surface area contributed by atoms with Crippen LogP contribution in [0.1, 0.15) is 51.5 Å². The Bertz CT molecular complexity index is 994. The van der Waals surface area contributed by atoms with Gasteiger partial charge in [0.1, 0.15) is 0 Å². The Morgan fingerprint density at radius 1 is 1.14 bits per heavy atom.